The van der Waals surface area contributed by atoms with Crippen molar-refractivity contribution in [2.75, 3.05) is 26.8 Å². The molecule has 1 aliphatic heterocycles. The van der Waals surface area contributed by atoms with E-state index in [1.807, 2.05) is 18.5 Å². The fraction of sp³-hybridized carbons (Fsp3) is 0.625. The Labute approximate surface area is 141 Å². The second-order valence-corrected chi connectivity index (χ2v) is 5.73. The molecule has 0 amide bonds. The molecule has 8 nitrogen and oxygen atoms in total. The van der Waals surface area contributed by atoms with Gasteiger partial charge >= 0.3 is 0 Å². The van der Waals surface area contributed by atoms with Crippen molar-refractivity contribution >= 4 is 5.78 Å². The predicted octanol–water partition coefficient (Wildman–Crippen LogP) is -1.53. The highest BCUT2D eigenvalue weighted by molar-refractivity contribution is 5.84. The SMILES string of the molecule is CN1CCCC1c1cccnc1.O=C(CO)C(O)C(O)C(O)CO. The van der Waals surface area contributed by atoms with E-state index in [1.165, 1.54) is 24.9 Å². The highest BCUT2D eigenvalue weighted by atomic mass is 16.4. The molecule has 2 rings (SSSR count). The van der Waals surface area contributed by atoms with Crippen molar-refractivity contribution in [3.8, 4) is 0 Å². The van der Waals surface area contributed by atoms with Crippen LogP contribution in [-0.4, -0.2) is 86.3 Å². The van der Waals surface area contributed by atoms with Gasteiger partial charge in [-0.3, -0.25) is 14.7 Å². The molecule has 0 spiro atoms. The molecule has 1 aliphatic rings. The molecule has 1 saturated heterocycles. The van der Waals surface area contributed by atoms with Crippen molar-refractivity contribution < 1.29 is 30.3 Å². The minimum atomic E-state index is -1.86. The van der Waals surface area contributed by atoms with Crippen LogP contribution in [0, 0.1) is 0 Å². The Hall–Kier alpha value is -1.42. The number of pyridine rings is 1. The van der Waals surface area contributed by atoms with Gasteiger partial charge in [0.2, 0.25) is 0 Å². The van der Waals surface area contributed by atoms with Crippen molar-refractivity contribution in [1.82, 2.24) is 9.88 Å². The number of rotatable bonds is 6. The summed E-state index contributed by atoms with van der Waals surface area (Å²) in [5, 5.41) is 43.1. The number of carbonyl (C=O) groups excluding carboxylic acids is 1. The molecule has 0 radical (unpaired) electrons. The predicted molar refractivity (Wildman–Crippen MR) is 86.0 cm³/mol. The van der Waals surface area contributed by atoms with Gasteiger partial charge in [0.15, 0.2) is 5.78 Å². The lowest BCUT2D eigenvalue weighted by Crippen LogP contribution is -2.44. The Bertz CT molecular complexity index is 487. The second kappa shape index (κ2) is 10.4. The van der Waals surface area contributed by atoms with Crippen LogP contribution in [0.3, 0.4) is 0 Å². The maximum atomic E-state index is 10.5. The fourth-order valence-electron chi connectivity index (χ4n) is 2.51. The topological polar surface area (TPSA) is 134 Å². The van der Waals surface area contributed by atoms with Crippen LogP contribution in [0.25, 0.3) is 0 Å². The molecule has 2 heterocycles. The maximum absolute atomic E-state index is 10.5. The minimum absolute atomic E-state index is 0.610. The number of nitrogens with zero attached hydrogens (tertiary/aromatic N) is 2. The fourth-order valence-corrected chi connectivity index (χ4v) is 2.51. The van der Waals surface area contributed by atoms with Gasteiger partial charge in [0, 0.05) is 18.4 Å². The number of hydrogen-bond donors (Lipinski definition) is 5. The summed E-state index contributed by atoms with van der Waals surface area (Å²) in [4.78, 5) is 17.1. The van der Waals surface area contributed by atoms with Crippen molar-refractivity contribution in [3.05, 3.63) is 30.1 Å². The first kappa shape index (κ1) is 20.6. The molecule has 0 aromatic carbocycles. The molecule has 1 aromatic heterocycles. The van der Waals surface area contributed by atoms with Crippen LogP contribution in [-0.2, 0) is 4.79 Å². The van der Waals surface area contributed by atoms with Crippen LogP contribution in [0.1, 0.15) is 24.4 Å². The molecular weight excluding hydrogens is 316 g/mol. The molecule has 8 heteroatoms. The maximum Gasteiger partial charge on any atom is 0.189 e. The smallest absolute Gasteiger partial charge is 0.189 e. The third kappa shape index (κ3) is 5.90. The molecule has 0 aliphatic carbocycles. The van der Waals surface area contributed by atoms with Gasteiger partial charge in [-0.15, -0.1) is 0 Å². The molecular formula is C16H26N2O6. The summed E-state index contributed by atoms with van der Waals surface area (Å²) in [6.45, 7) is -0.465. The summed E-state index contributed by atoms with van der Waals surface area (Å²) in [5.74, 6) is -1.00. The lowest BCUT2D eigenvalue weighted by molar-refractivity contribution is -0.142. The highest BCUT2D eigenvalue weighted by Crippen LogP contribution is 2.29. The van der Waals surface area contributed by atoms with Gasteiger partial charge < -0.3 is 25.5 Å². The zero-order valence-corrected chi connectivity index (χ0v) is 13.7. The van der Waals surface area contributed by atoms with E-state index in [4.69, 9.17) is 25.5 Å². The van der Waals surface area contributed by atoms with Crippen molar-refractivity contribution in [2.45, 2.75) is 37.2 Å². The summed E-state index contributed by atoms with van der Waals surface area (Å²) >= 11 is 0. The van der Waals surface area contributed by atoms with E-state index in [0.717, 1.165) is 0 Å². The summed E-state index contributed by atoms with van der Waals surface area (Å²) < 4.78 is 0. The first-order valence-corrected chi connectivity index (χ1v) is 7.81. The average Bonchev–Trinajstić information content (AvgIpc) is 3.06. The number of aromatic nitrogens is 1. The van der Waals surface area contributed by atoms with E-state index in [9.17, 15) is 4.79 Å². The minimum Gasteiger partial charge on any atom is -0.394 e. The van der Waals surface area contributed by atoms with Crippen LogP contribution in [0.4, 0.5) is 0 Å². The second-order valence-electron chi connectivity index (χ2n) is 5.73. The van der Waals surface area contributed by atoms with E-state index in [2.05, 4.69) is 23.0 Å². The zero-order valence-electron chi connectivity index (χ0n) is 13.7. The van der Waals surface area contributed by atoms with Gasteiger partial charge in [0.25, 0.3) is 0 Å². The molecule has 136 valence electrons. The zero-order chi connectivity index (χ0) is 18.1. The van der Waals surface area contributed by atoms with Crippen molar-refractivity contribution in [1.29, 1.82) is 0 Å². The number of aliphatic hydroxyl groups is 5. The first-order chi connectivity index (χ1) is 11.4. The number of hydrogen-bond acceptors (Lipinski definition) is 8. The molecule has 1 aromatic rings. The Kier molecular flexibility index (Phi) is 8.98. The van der Waals surface area contributed by atoms with Gasteiger partial charge in [-0.25, -0.2) is 0 Å². The Balaban J connectivity index is 0.000000240. The van der Waals surface area contributed by atoms with Crippen LogP contribution in [0.2, 0.25) is 0 Å². The summed E-state index contributed by atoms with van der Waals surface area (Å²) in [7, 11) is 2.19. The third-order valence-corrected chi connectivity index (χ3v) is 3.98. The lowest BCUT2D eigenvalue weighted by Gasteiger charge is -2.19. The van der Waals surface area contributed by atoms with Crippen LogP contribution in [0.15, 0.2) is 24.5 Å². The van der Waals surface area contributed by atoms with Crippen LogP contribution >= 0.6 is 0 Å². The standard InChI is InChI=1S/C10H14N2.C6H12O6/c1-12-7-3-5-10(12)9-4-2-6-11-8-9;7-1-3(9)5(11)6(12)4(10)2-8/h2,4,6,8,10H,3,5,7H2,1H3;3,5-9,11-12H,1-2H2. The third-order valence-electron chi connectivity index (χ3n) is 3.98. The molecule has 24 heavy (non-hydrogen) atoms. The van der Waals surface area contributed by atoms with Gasteiger partial charge in [0.1, 0.15) is 24.9 Å². The lowest BCUT2D eigenvalue weighted by atomic mass is 10.1. The number of carbonyl (C=O) groups is 1. The number of ketones is 1. The molecule has 1 fully saturated rings. The van der Waals surface area contributed by atoms with Gasteiger partial charge in [-0.2, -0.15) is 0 Å². The number of aliphatic hydroxyl groups excluding tert-OH is 5. The largest absolute Gasteiger partial charge is 0.394 e. The molecule has 4 atom stereocenters. The van der Waals surface area contributed by atoms with Crippen molar-refractivity contribution in [2.24, 2.45) is 0 Å². The van der Waals surface area contributed by atoms with E-state index in [1.54, 1.807) is 0 Å². The first-order valence-electron chi connectivity index (χ1n) is 7.81. The van der Waals surface area contributed by atoms with E-state index in [0.29, 0.717) is 6.04 Å². The van der Waals surface area contributed by atoms with E-state index in [-0.39, 0.29) is 0 Å². The Morgan fingerprint density at radius 1 is 1.38 bits per heavy atom. The van der Waals surface area contributed by atoms with Gasteiger partial charge in [0.05, 0.1) is 6.61 Å². The quantitative estimate of drug-likeness (QED) is 0.420. The average molecular weight is 342 g/mol. The Morgan fingerprint density at radius 3 is 2.54 bits per heavy atom. The number of likely N-dealkylation sites (tertiary alicyclic amines) is 1. The highest BCUT2D eigenvalue weighted by Gasteiger charge is 2.28. The van der Waals surface area contributed by atoms with Crippen LogP contribution < -0.4 is 0 Å². The van der Waals surface area contributed by atoms with Gasteiger partial charge in [-0.1, -0.05) is 6.07 Å². The molecule has 4 unspecified atom stereocenters. The van der Waals surface area contributed by atoms with E-state index >= 15 is 0 Å². The summed E-state index contributed by atoms with van der Waals surface area (Å²) in [6, 6.07) is 4.79. The monoisotopic (exact) mass is 342 g/mol. The van der Waals surface area contributed by atoms with Gasteiger partial charge in [-0.05, 0) is 38.1 Å². The molecule has 5 N–H and O–H groups in total. The Morgan fingerprint density at radius 2 is 2.08 bits per heavy atom. The van der Waals surface area contributed by atoms with Crippen molar-refractivity contribution in [3.63, 3.8) is 0 Å². The summed E-state index contributed by atoms with van der Waals surface area (Å²) in [6.07, 6.45) is 1.19. The molecule has 0 bridgehead atoms. The van der Waals surface area contributed by atoms with E-state index < -0.39 is 37.3 Å². The number of Topliss-reactive ketones (excluding diaryl/α,β-unsaturated/α-hetero) is 1. The molecule has 0 saturated carbocycles. The van der Waals surface area contributed by atoms with Crippen LogP contribution in [0.5, 0.6) is 0 Å². The normalized spacial score (nSPS) is 21.5. The summed E-state index contributed by atoms with van der Waals surface area (Å²) in [5.41, 5.74) is 1.36.